The molecule has 1 fully saturated rings. The average molecular weight is 317 g/mol. The van der Waals surface area contributed by atoms with E-state index in [1.165, 1.54) is 31.3 Å². The third kappa shape index (κ3) is 3.81. The van der Waals surface area contributed by atoms with Crippen molar-refractivity contribution in [2.45, 2.75) is 39.0 Å². The van der Waals surface area contributed by atoms with Gasteiger partial charge in [0.1, 0.15) is 5.76 Å². The van der Waals surface area contributed by atoms with Crippen LogP contribution in [0.5, 0.6) is 0 Å². The lowest BCUT2D eigenvalue weighted by Gasteiger charge is -2.37. The highest BCUT2D eigenvalue weighted by molar-refractivity contribution is 5.94. The Morgan fingerprint density at radius 1 is 1.39 bits per heavy atom. The highest BCUT2D eigenvalue weighted by Crippen LogP contribution is 2.21. The lowest BCUT2D eigenvalue weighted by Crippen LogP contribution is -2.55. The van der Waals surface area contributed by atoms with E-state index in [0.29, 0.717) is 31.1 Å². The Morgan fingerprint density at radius 2 is 2.22 bits per heavy atom. The fourth-order valence-electron chi connectivity index (χ4n) is 3.06. The van der Waals surface area contributed by atoms with Crippen molar-refractivity contribution < 1.29 is 14.1 Å². The van der Waals surface area contributed by atoms with Crippen molar-refractivity contribution in [2.24, 2.45) is 5.92 Å². The Balaban J connectivity index is 1.38. The molecule has 6 nitrogen and oxygen atoms in total. The normalized spacial score (nSPS) is 18.3. The Morgan fingerprint density at radius 3 is 2.87 bits per heavy atom. The summed E-state index contributed by atoms with van der Waals surface area (Å²) in [6.07, 6.45) is 8.13. The standard InChI is InChI=1S/C17H23N3O3/c1-12-9-15(19-23-12)17(22)20-10-14(11-20)16(21)18-8-7-13-5-3-2-4-6-13/h5,9,14H,2-4,6-8,10-11H2,1H3,(H,18,21). The van der Waals surface area contributed by atoms with Crippen LogP contribution in [0.1, 0.15) is 48.4 Å². The number of nitrogens with one attached hydrogen (secondary N) is 1. The predicted octanol–water partition coefficient (Wildman–Crippen LogP) is 2.06. The van der Waals surface area contributed by atoms with Gasteiger partial charge < -0.3 is 14.7 Å². The fraction of sp³-hybridized carbons (Fsp3) is 0.588. The summed E-state index contributed by atoms with van der Waals surface area (Å²) in [4.78, 5) is 25.8. The maximum absolute atomic E-state index is 12.1. The predicted molar refractivity (Wildman–Crippen MR) is 84.8 cm³/mol. The van der Waals surface area contributed by atoms with Crippen LogP contribution in [0.2, 0.25) is 0 Å². The molecule has 1 aliphatic carbocycles. The van der Waals surface area contributed by atoms with Crippen LogP contribution in [0.4, 0.5) is 0 Å². The fourth-order valence-corrected chi connectivity index (χ4v) is 3.06. The molecule has 2 aliphatic rings. The molecule has 1 saturated heterocycles. The Labute approximate surface area is 135 Å². The number of allylic oxidation sites excluding steroid dienone is 1. The van der Waals surface area contributed by atoms with Gasteiger partial charge in [-0.25, -0.2) is 0 Å². The first-order valence-electron chi connectivity index (χ1n) is 8.31. The molecule has 0 spiro atoms. The van der Waals surface area contributed by atoms with Crippen LogP contribution in [-0.2, 0) is 4.79 Å². The van der Waals surface area contributed by atoms with Crippen LogP contribution in [0.15, 0.2) is 22.2 Å². The lowest BCUT2D eigenvalue weighted by atomic mass is 9.96. The number of hydrogen-bond acceptors (Lipinski definition) is 4. The SMILES string of the molecule is Cc1cc(C(=O)N2CC(C(=O)NCCC3=CCCCC3)C2)no1. The Kier molecular flexibility index (Phi) is 4.79. The van der Waals surface area contributed by atoms with Gasteiger partial charge in [-0.3, -0.25) is 9.59 Å². The summed E-state index contributed by atoms with van der Waals surface area (Å²) in [7, 11) is 0. The van der Waals surface area contributed by atoms with Crippen LogP contribution in [-0.4, -0.2) is 41.5 Å². The molecule has 23 heavy (non-hydrogen) atoms. The Hall–Kier alpha value is -2.11. The van der Waals surface area contributed by atoms with E-state index in [1.807, 2.05) is 0 Å². The van der Waals surface area contributed by atoms with Crippen molar-refractivity contribution in [3.05, 3.63) is 29.2 Å². The van der Waals surface area contributed by atoms with Crippen molar-refractivity contribution in [3.8, 4) is 0 Å². The minimum absolute atomic E-state index is 0.0433. The first-order chi connectivity index (χ1) is 11.1. The number of amides is 2. The highest BCUT2D eigenvalue weighted by atomic mass is 16.5. The number of hydrogen-bond donors (Lipinski definition) is 1. The first-order valence-corrected chi connectivity index (χ1v) is 8.31. The number of carbonyl (C=O) groups excluding carboxylic acids is 2. The van der Waals surface area contributed by atoms with Crippen molar-refractivity contribution in [2.75, 3.05) is 19.6 Å². The molecule has 124 valence electrons. The average Bonchev–Trinajstić information content (AvgIpc) is 2.93. The molecule has 0 atom stereocenters. The molecule has 0 aromatic carbocycles. The molecule has 2 heterocycles. The van der Waals surface area contributed by atoms with Crippen LogP contribution >= 0.6 is 0 Å². The maximum atomic E-state index is 12.1. The molecule has 0 unspecified atom stereocenters. The van der Waals surface area contributed by atoms with Crippen molar-refractivity contribution in [3.63, 3.8) is 0 Å². The molecular formula is C17H23N3O3. The van der Waals surface area contributed by atoms with E-state index in [9.17, 15) is 9.59 Å². The summed E-state index contributed by atoms with van der Waals surface area (Å²) in [6, 6.07) is 1.62. The number of aromatic nitrogens is 1. The van der Waals surface area contributed by atoms with Gasteiger partial charge in [-0.1, -0.05) is 16.8 Å². The monoisotopic (exact) mass is 317 g/mol. The molecule has 1 N–H and O–H groups in total. The van der Waals surface area contributed by atoms with Crippen molar-refractivity contribution >= 4 is 11.8 Å². The molecule has 1 aliphatic heterocycles. The van der Waals surface area contributed by atoms with Gasteiger partial charge in [0.2, 0.25) is 5.91 Å². The molecule has 1 aromatic heterocycles. The molecule has 6 heteroatoms. The summed E-state index contributed by atoms with van der Waals surface area (Å²) < 4.78 is 4.91. The molecule has 2 amide bonds. The van der Waals surface area contributed by atoms with Gasteiger partial charge in [0.05, 0.1) is 5.92 Å². The second kappa shape index (κ2) is 6.98. The zero-order chi connectivity index (χ0) is 16.2. The quantitative estimate of drug-likeness (QED) is 0.844. The minimum atomic E-state index is -0.168. The van der Waals surface area contributed by atoms with E-state index in [-0.39, 0.29) is 17.7 Å². The third-order valence-corrected chi connectivity index (χ3v) is 4.52. The second-order valence-electron chi connectivity index (χ2n) is 6.38. The smallest absolute Gasteiger partial charge is 0.276 e. The van der Waals surface area contributed by atoms with Gasteiger partial charge >= 0.3 is 0 Å². The zero-order valence-corrected chi connectivity index (χ0v) is 13.5. The Bertz CT molecular complexity index is 614. The van der Waals surface area contributed by atoms with Crippen LogP contribution in [0.25, 0.3) is 0 Å². The summed E-state index contributed by atoms with van der Waals surface area (Å²) in [5, 5.41) is 6.70. The van der Waals surface area contributed by atoms with E-state index in [0.717, 1.165) is 6.42 Å². The van der Waals surface area contributed by atoms with Crippen LogP contribution in [0, 0.1) is 12.8 Å². The van der Waals surface area contributed by atoms with Gasteiger partial charge in [-0.05, 0) is 39.0 Å². The lowest BCUT2D eigenvalue weighted by molar-refractivity contribution is -0.128. The van der Waals surface area contributed by atoms with Gasteiger partial charge in [0.15, 0.2) is 5.69 Å². The highest BCUT2D eigenvalue weighted by Gasteiger charge is 2.36. The number of aryl methyl sites for hydroxylation is 1. The summed E-state index contributed by atoms with van der Waals surface area (Å²) in [5.74, 6) is 0.382. The summed E-state index contributed by atoms with van der Waals surface area (Å²) in [6.45, 7) is 3.36. The number of rotatable bonds is 5. The summed E-state index contributed by atoms with van der Waals surface area (Å²) in [5.41, 5.74) is 1.77. The van der Waals surface area contributed by atoms with E-state index < -0.39 is 0 Å². The van der Waals surface area contributed by atoms with Gasteiger partial charge in [0.25, 0.3) is 5.91 Å². The molecule has 0 bridgehead atoms. The van der Waals surface area contributed by atoms with Gasteiger partial charge in [-0.15, -0.1) is 0 Å². The maximum Gasteiger partial charge on any atom is 0.276 e. The second-order valence-corrected chi connectivity index (χ2v) is 6.38. The number of likely N-dealkylation sites (tertiary alicyclic amines) is 1. The van der Waals surface area contributed by atoms with Gasteiger partial charge in [0, 0.05) is 25.7 Å². The molecule has 0 radical (unpaired) electrons. The minimum Gasteiger partial charge on any atom is -0.361 e. The number of nitrogens with zero attached hydrogens (tertiary/aromatic N) is 2. The zero-order valence-electron chi connectivity index (χ0n) is 13.5. The van der Waals surface area contributed by atoms with Crippen LogP contribution < -0.4 is 5.32 Å². The molecule has 3 rings (SSSR count). The summed E-state index contributed by atoms with van der Waals surface area (Å²) >= 11 is 0. The van der Waals surface area contributed by atoms with E-state index in [4.69, 9.17) is 4.52 Å². The van der Waals surface area contributed by atoms with E-state index in [2.05, 4.69) is 16.5 Å². The van der Waals surface area contributed by atoms with E-state index >= 15 is 0 Å². The third-order valence-electron chi connectivity index (χ3n) is 4.52. The molecular weight excluding hydrogens is 294 g/mol. The van der Waals surface area contributed by atoms with Gasteiger partial charge in [-0.2, -0.15) is 0 Å². The van der Waals surface area contributed by atoms with Crippen LogP contribution in [0.3, 0.4) is 0 Å². The molecule has 1 aromatic rings. The van der Waals surface area contributed by atoms with Crippen molar-refractivity contribution in [1.29, 1.82) is 0 Å². The molecule has 0 saturated carbocycles. The van der Waals surface area contributed by atoms with E-state index in [1.54, 1.807) is 17.9 Å². The number of carbonyl (C=O) groups is 2. The first kappa shape index (κ1) is 15.8. The van der Waals surface area contributed by atoms with Crippen molar-refractivity contribution in [1.82, 2.24) is 15.4 Å². The largest absolute Gasteiger partial charge is 0.361 e. The topological polar surface area (TPSA) is 75.4 Å².